The van der Waals surface area contributed by atoms with E-state index in [-0.39, 0.29) is 0 Å². The highest BCUT2D eigenvalue weighted by Crippen LogP contribution is 2.45. The number of hydrogen-bond donors (Lipinski definition) is 1. The first kappa shape index (κ1) is 6.66. The van der Waals surface area contributed by atoms with Crippen molar-refractivity contribution < 1.29 is 0 Å². The summed E-state index contributed by atoms with van der Waals surface area (Å²) in [6.45, 7) is 4.64. The Balaban J connectivity index is 1.93. The van der Waals surface area contributed by atoms with E-state index in [1.54, 1.807) is 0 Å². The maximum Gasteiger partial charge on any atom is 0.0186 e. The van der Waals surface area contributed by atoms with Crippen molar-refractivity contribution >= 4 is 0 Å². The van der Waals surface area contributed by atoms with Crippen LogP contribution in [0.3, 0.4) is 0 Å². The molecule has 10 heavy (non-hydrogen) atoms. The molecular formula is C9H17N. The average molecular weight is 139 g/mol. The smallest absolute Gasteiger partial charge is 0.0186 e. The van der Waals surface area contributed by atoms with Gasteiger partial charge in [0.1, 0.15) is 0 Å². The normalized spacial score (nSPS) is 35.7. The topological polar surface area (TPSA) is 12.0 Å². The lowest BCUT2D eigenvalue weighted by Gasteiger charge is -2.16. The van der Waals surface area contributed by atoms with Crippen LogP contribution in [0, 0.1) is 5.92 Å². The summed E-state index contributed by atoms with van der Waals surface area (Å²) < 4.78 is 0. The first-order chi connectivity index (χ1) is 4.72. The Labute approximate surface area is 63.2 Å². The van der Waals surface area contributed by atoms with Crippen molar-refractivity contribution in [3.63, 3.8) is 0 Å². The van der Waals surface area contributed by atoms with Gasteiger partial charge in [0.25, 0.3) is 0 Å². The fourth-order valence-corrected chi connectivity index (χ4v) is 2.01. The molecule has 1 aliphatic carbocycles. The Hall–Kier alpha value is -0.0400. The van der Waals surface area contributed by atoms with Gasteiger partial charge in [-0.3, -0.25) is 0 Å². The summed E-state index contributed by atoms with van der Waals surface area (Å²) in [4.78, 5) is 0. The van der Waals surface area contributed by atoms with Crippen LogP contribution in [-0.2, 0) is 0 Å². The molecule has 2 aliphatic rings. The van der Waals surface area contributed by atoms with Crippen LogP contribution in [0.15, 0.2) is 0 Å². The van der Waals surface area contributed by atoms with E-state index < -0.39 is 0 Å². The molecule has 1 saturated carbocycles. The molecule has 0 bridgehead atoms. The average Bonchev–Trinajstić information content (AvgIpc) is 2.41. The van der Waals surface area contributed by atoms with Gasteiger partial charge in [0.15, 0.2) is 0 Å². The molecule has 0 radical (unpaired) electrons. The van der Waals surface area contributed by atoms with Crippen LogP contribution in [0.1, 0.15) is 39.5 Å². The van der Waals surface area contributed by atoms with Gasteiger partial charge < -0.3 is 5.32 Å². The van der Waals surface area contributed by atoms with E-state index in [4.69, 9.17) is 0 Å². The summed E-state index contributed by atoms with van der Waals surface area (Å²) in [5.74, 6) is 0.833. The van der Waals surface area contributed by atoms with Crippen LogP contribution in [0.2, 0.25) is 0 Å². The van der Waals surface area contributed by atoms with E-state index in [0.717, 1.165) is 12.0 Å². The third kappa shape index (κ3) is 0.968. The Bertz CT molecular complexity index is 136. The van der Waals surface area contributed by atoms with Gasteiger partial charge in [0.2, 0.25) is 0 Å². The second kappa shape index (κ2) is 1.97. The number of hydrogen-bond acceptors (Lipinski definition) is 1. The van der Waals surface area contributed by atoms with Gasteiger partial charge >= 0.3 is 0 Å². The molecule has 2 rings (SSSR count). The third-order valence-corrected chi connectivity index (χ3v) is 3.08. The predicted molar refractivity (Wildman–Crippen MR) is 43.0 cm³/mol. The highest BCUT2D eigenvalue weighted by Gasteiger charge is 2.48. The molecule has 0 aromatic rings. The van der Waals surface area contributed by atoms with Gasteiger partial charge in [-0.25, -0.2) is 0 Å². The molecule has 1 saturated heterocycles. The zero-order valence-corrected chi connectivity index (χ0v) is 6.98. The van der Waals surface area contributed by atoms with Crippen LogP contribution in [-0.4, -0.2) is 11.6 Å². The molecule has 0 aromatic carbocycles. The van der Waals surface area contributed by atoms with Crippen molar-refractivity contribution in [3.05, 3.63) is 0 Å². The molecule has 0 amide bonds. The van der Waals surface area contributed by atoms with Gasteiger partial charge in [0.05, 0.1) is 0 Å². The summed E-state index contributed by atoms with van der Waals surface area (Å²) in [5, 5.41) is 3.74. The molecule has 2 fully saturated rings. The van der Waals surface area contributed by atoms with E-state index in [9.17, 15) is 0 Å². The molecule has 58 valence electrons. The Morgan fingerprint density at radius 1 is 1.30 bits per heavy atom. The van der Waals surface area contributed by atoms with Crippen molar-refractivity contribution in [2.45, 2.75) is 51.1 Å². The quantitative estimate of drug-likeness (QED) is 0.585. The highest BCUT2D eigenvalue weighted by atomic mass is 15.1. The van der Waals surface area contributed by atoms with Crippen molar-refractivity contribution in [2.24, 2.45) is 5.92 Å². The summed E-state index contributed by atoms with van der Waals surface area (Å²) in [6, 6.07) is 0.822. The van der Waals surface area contributed by atoms with Crippen LogP contribution < -0.4 is 5.32 Å². The van der Waals surface area contributed by atoms with E-state index in [1.165, 1.54) is 25.7 Å². The van der Waals surface area contributed by atoms with Gasteiger partial charge in [-0.05, 0) is 31.6 Å². The van der Waals surface area contributed by atoms with Crippen molar-refractivity contribution in [1.29, 1.82) is 0 Å². The molecule has 1 heteroatoms. The van der Waals surface area contributed by atoms with E-state index >= 15 is 0 Å². The predicted octanol–water partition coefficient (Wildman–Crippen LogP) is 1.93. The van der Waals surface area contributed by atoms with Gasteiger partial charge in [0, 0.05) is 11.6 Å². The zero-order valence-electron chi connectivity index (χ0n) is 6.98. The minimum absolute atomic E-state index is 0.648. The fourth-order valence-electron chi connectivity index (χ4n) is 2.01. The summed E-state index contributed by atoms with van der Waals surface area (Å²) in [5.41, 5.74) is 0.648. The molecule has 0 unspecified atom stereocenters. The lowest BCUT2D eigenvalue weighted by molar-refractivity contribution is 0.424. The second-order valence-corrected chi connectivity index (χ2v) is 4.31. The lowest BCUT2D eigenvalue weighted by atomic mass is 10.0. The first-order valence-electron chi connectivity index (χ1n) is 4.50. The van der Waals surface area contributed by atoms with Gasteiger partial charge in [-0.15, -0.1) is 0 Å². The lowest BCUT2D eigenvalue weighted by Crippen LogP contribution is -2.34. The Morgan fingerprint density at radius 3 is 2.30 bits per heavy atom. The van der Waals surface area contributed by atoms with Gasteiger partial charge in [-0.2, -0.15) is 0 Å². The molecule has 1 heterocycles. The zero-order chi connectivity index (χ0) is 7.19. The Morgan fingerprint density at radius 2 is 2.00 bits per heavy atom. The molecule has 1 spiro atoms. The minimum atomic E-state index is 0.648. The second-order valence-electron chi connectivity index (χ2n) is 4.31. The molecule has 0 aromatic heterocycles. The maximum absolute atomic E-state index is 3.74. The monoisotopic (exact) mass is 139 g/mol. The van der Waals surface area contributed by atoms with Crippen LogP contribution in [0.5, 0.6) is 0 Å². The Kier molecular flexibility index (Phi) is 1.31. The highest BCUT2D eigenvalue weighted by molar-refractivity contribution is 5.08. The van der Waals surface area contributed by atoms with Crippen LogP contribution in [0.4, 0.5) is 0 Å². The minimum Gasteiger partial charge on any atom is -0.308 e. The molecule has 1 N–H and O–H groups in total. The fraction of sp³-hybridized carbons (Fsp3) is 1.00. The summed E-state index contributed by atoms with van der Waals surface area (Å²) >= 11 is 0. The number of rotatable bonds is 1. The van der Waals surface area contributed by atoms with Crippen molar-refractivity contribution in [3.8, 4) is 0 Å². The van der Waals surface area contributed by atoms with E-state index in [2.05, 4.69) is 19.2 Å². The van der Waals surface area contributed by atoms with Crippen LogP contribution in [0.25, 0.3) is 0 Å². The van der Waals surface area contributed by atoms with E-state index in [0.29, 0.717) is 5.54 Å². The first-order valence-corrected chi connectivity index (χ1v) is 4.50. The van der Waals surface area contributed by atoms with Crippen molar-refractivity contribution in [2.75, 3.05) is 0 Å². The number of nitrogens with one attached hydrogen (secondary N) is 1. The van der Waals surface area contributed by atoms with Crippen LogP contribution >= 0.6 is 0 Å². The maximum atomic E-state index is 3.74. The molecular weight excluding hydrogens is 122 g/mol. The largest absolute Gasteiger partial charge is 0.308 e. The molecule has 1 nitrogen and oxygen atoms in total. The molecule has 1 atom stereocenters. The van der Waals surface area contributed by atoms with E-state index in [1.807, 2.05) is 0 Å². The van der Waals surface area contributed by atoms with Crippen molar-refractivity contribution in [1.82, 2.24) is 5.32 Å². The summed E-state index contributed by atoms with van der Waals surface area (Å²) in [7, 11) is 0. The van der Waals surface area contributed by atoms with Gasteiger partial charge in [-0.1, -0.05) is 13.8 Å². The third-order valence-electron chi connectivity index (χ3n) is 3.08. The standard InChI is InChI=1S/C9H17N/c1-7(2)8-3-4-9(10-8)5-6-9/h7-8,10H,3-6H2,1-2H3/t8-/m0/s1. The SMILES string of the molecule is CC(C)[C@@H]1CCC2(CC2)N1. The summed E-state index contributed by atoms with van der Waals surface area (Å²) in [6.07, 6.45) is 5.74. The molecule has 1 aliphatic heterocycles.